The second kappa shape index (κ2) is 7.03. The number of nitrogens with zero attached hydrogens (tertiary/aromatic N) is 1. The Hall–Kier alpha value is -3.44. The normalized spacial score (nSPS) is 26.6. The highest BCUT2D eigenvalue weighted by Crippen LogP contribution is 2.65. The van der Waals surface area contributed by atoms with Gasteiger partial charge in [-0.15, -0.1) is 11.6 Å². The van der Waals surface area contributed by atoms with Gasteiger partial charge in [0.05, 0.1) is 29.7 Å². The fourth-order valence-corrected chi connectivity index (χ4v) is 6.49. The summed E-state index contributed by atoms with van der Waals surface area (Å²) in [6.45, 7) is 1.97. The molecule has 1 saturated heterocycles. The summed E-state index contributed by atoms with van der Waals surface area (Å²) in [5.41, 5.74) is 4.42. The Labute approximate surface area is 195 Å². The Morgan fingerprint density at radius 3 is 2.21 bits per heavy atom. The molecule has 0 N–H and O–H groups in total. The summed E-state index contributed by atoms with van der Waals surface area (Å²) in [6, 6.07) is 22.1. The maximum Gasteiger partial charge on any atom is 0.338 e. The molecule has 3 aromatic rings. The van der Waals surface area contributed by atoms with Gasteiger partial charge in [-0.05, 0) is 47.4 Å². The van der Waals surface area contributed by atoms with Crippen LogP contribution in [0.3, 0.4) is 0 Å². The van der Waals surface area contributed by atoms with Crippen LogP contribution < -0.4 is 4.90 Å². The molecule has 164 valence electrons. The molecule has 0 unspecified atom stereocenters. The first-order valence-corrected chi connectivity index (χ1v) is 11.4. The zero-order valence-corrected chi connectivity index (χ0v) is 18.6. The van der Waals surface area contributed by atoms with Gasteiger partial charge in [0, 0.05) is 5.92 Å². The number of ether oxygens (including phenoxy) is 1. The maximum absolute atomic E-state index is 13.9. The molecule has 1 heterocycles. The summed E-state index contributed by atoms with van der Waals surface area (Å²) in [5.74, 6) is -2.71. The Bertz CT molecular complexity index is 1300. The molecule has 33 heavy (non-hydrogen) atoms. The average molecular weight is 458 g/mol. The number of hydrogen-bond acceptors (Lipinski definition) is 4. The minimum absolute atomic E-state index is 0.238. The van der Waals surface area contributed by atoms with Crippen molar-refractivity contribution in [3.8, 4) is 0 Å². The van der Waals surface area contributed by atoms with Gasteiger partial charge in [0.25, 0.3) is 0 Å². The zero-order chi connectivity index (χ0) is 22.9. The monoisotopic (exact) mass is 457 g/mol. The number of hydrogen-bond donors (Lipinski definition) is 0. The molecule has 1 aliphatic heterocycles. The van der Waals surface area contributed by atoms with Crippen LogP contribution in [0, 0.1) is 11.8 Å². The van der Waals surface area contributed by atoms with Gasteiger partial charge in [0.15, 0.2) is 0 Å². The van der Waals surface area contributed by atoms with E-state index in [-0.39, 0.29) is 24.3 Å². The molecule has 0 saturated carbocycles. The molecule has 6 heteroatoms. The van der Waals surface area contributed by atoms with E-state index in [1.165, 1.54) is 11.0 Å². The second-order valence-corrected chi connectivity index (χ2v) is 9.25. The zero-order valence-electron chi connectivity index (χ0n) is 17.8. The minimum atomic E-state index is -1.13. The van der Waals surface area contributed by atoms with E-state index in [1.54, 1.807) is 25.1 Å². The standard InChI is InChI=1S/C27H20ClNO4/c1-2-33-26(32)15-8-7-9-16(14-15)29-24(30)22-21-17-10-3-5-12-19(17)27(28,23(22)25(29)31)20-13-6-4-11-18(20)21/h3-14,21-23H,2H2,1H3/t21?,22-,23+,27?/m0/s1. The number of esters is 1. The van der Waals surface area contributed by atoms with Crippen LogP contribution in [0.2, 0.25) is 0 Å². The predicted molar refractivity (Wildman–Crippen MR) is 123 cm³/mol. The summed E-state index contributed by atoms with van der Waals surface area (Å²) in [7, 11) is 0. The Morgan fingerprint density at radius 2 is 1.58 bits per heavy atom. The first-order valence-electron chi connectivity index (χ1n) is 11.0. The van der Waals surface area contributed by atoms with Crippen LogP contribution >= 0.6 is 11.6 Å². The highest BCUT2D eigenvalue weighted by atomic mass is 35.5. The Balaban J connectivity index is 1.52. The van der Waals surface area contributed by atoms with E-state index < -0.39 is 22.7 Å². The van der Waals surface area contributed by atoms with E-state index in [4.69, 9.17) is 16.3 Å². The molecule has 2 amide bonds. The molecule has 2 atom stereocenters. The SMILES string of the molecule is CCOC(=O)c1cccc(N2C(=O)[C@H]3C4c5ccccc5C(Cl)(c5ccccc54)[C@H]3C2=O)c1. The molecule has 5 nitrogen and oxygen atoms in total. The van der Waals surface area contributed by atoms with Crippen molar-refractivity contribution in [2.24, 2.45) is 11.8 Å². The molecule has 4 aliphatic rings. The molecule has 2 bridgehead atoms. The van der Waals surface area contributed by atoms with Gasteiger partial charge < -0.3 is 4.74 Å². The lowest BCUT2D eigenvalue weighted by atomic mass is 9.54. The van der Waals surface area contributed by atoms with Gasteiger partial charge in [-0.1, -0.05) is 54.6 Å². The lowest BCUT2D eigenvalue weighted by Gasteiger charge is -2.50. The van der Waals surface area contributed by atoms with Crippen molar-refractivity contribution in [3.63, 3.8) is 0 Å². The van der Waals surface area contributed by atoms with Crippen LogP contribution in [-0.4, -0.2) is 24.4 Å². The molecule has 3 aromatic carbocycles. The summed E-state index contributed by atoms with van der Waals surface area (Å²) >= 11 is 7.42. The number of halogens is 1. The van der Waals surface area contributed by atoms with Crippen molar-refractivity contribution in [1.82, 2.24) is 0 Å². The van der Waals surface area contributed by atoms with Crippen molar-refractivity contribution in [2.75, 3.05) is 11.5 Å². The number of amides is 2. The van der Waals surface area contributed by atoms with E-state index in [2.05, 4.69) is 0 Å². The van der Waals surface area contributed by atoms with E-state index in [0.29, 0.717) is 11.3 Å². The van der Waals surface area contributed by atoms with E-state index in [0.717, 1.165) is 22.3 Å². The largest absolute Gasteiger partial charge is 0.462 e. The van der Waals surface area contributed by atoms with Crippen LogP contribution in [0.4, 0.5) is 5.69 Å². The van der Waals surface area contributed by atoms with Crippen molar-refractivity contribution in [2.45, 2.75) is 17.7 Å². The number of anilines is 1. The second-order valence-electron chi connectivity index (χ2n) is 8.65. The third kappa shape index (κ3) is 2.51. The lowest BCUT2D eigenvalue weighted by molar-refractivity contribution is -0.122. The summed E-state index contributed by atoms with van der Waals surface area (Å²) in [6.07, 6.45) is 0. The van der Waals surface area contributed by atoms with E-state index in [9.17, 15) is 14.4 Å². The molecule has 0 spiro atoms. The topological polar surface area (TPSA) is 63.7 Å². The van der Waals surface area contributed by atoms with Crippen LogP contribution in [0.5, 0.6) is 0 Å². The van der Waals surface area contributed by atoms with E-state index >= 15 is 0 Å². The smallest absolute Gasteiger partial charge is 0.338 e. The van der Waals surface area contributed by atoms with Crippen molar-refractivity contribution < 1.29 is 19.1 Å². The van der Waals surface area contributed by atoms with Crippen LogP contribution in [0.1, 0.15) is 45.5 Å². The van der Waals surface area contributed by atoms with Gasteiger partial charge in [0.2, 0.25) is 11.8 Å². The minimum Gasteiger partial charge on any atom is -0.462 e. The highest BCUT2D eigenvalue weighted by molar-refractivity contribution is 6.33. The summed E-state index contributed by atoms with van der Waals surface area (Å²) in [5, 5.41) is 0. The number of imide groups is 1. The average Bonchev–Trinajstić information content (AvgIpc) is 3.11. The number of carbonyl (C=O) groups is 3. The van der Waals surface area contributed by atoms with Crippen LogP contribution in [0.25, 0.3) is 0 Å². The van der Waals surface area contributed by atoms with Crippen molar-refractivity contribution in [1.29, 1.82) is 0 Å². The van der Waals surface area contributed by atoms with E-state index in [1.807, 2.05) is 48.5 Å². The van der Waals surface area contributed by atoms with Gasteiger partial charge >= 0.3 is 5.97 Å². The Kier molecular flexibility index (Phi) is 4.30. The molecule has 3 aliphatic carbocycles. The molecule has 0 radical (unpaired) electrons. The fraction of sp³-hybridized carbons (Fsp3) is 0.222. The van der Waals surface area contributed by atoms with Crippen molar-refractivity contribution >= 4 is 35.1 Å². The first-order chi connectivity index (χ1) is 16.0. The number of benzene rings is 3. The molecule has 0 aromatic heterocycles. The van der Waals surface area contributed by atoms with Crippen LogP contribution in [0.15, 0.2) is 72.8 Å². The molecule has 7 rings (SSSR count). The number of carbonyl (C=O) groups excluding carboxylic acids is 3. The lowest BCUT2D eigenvalue weighted by Crippen LogP contribution is -2.50. The number of alkyl halides is 1. The Morgan fingerprint density at radius 1 is 0.939 bits per heavy atom. The highest BCUT2D eigenvalue weighted by Gasteiger charge is 2.68. The van der Waals surface area contributed by atoms with Gasteiger partial charge in [-0.3, -0.25) is 9.59 Å². The predicted octanol–water partition coefficient (Wildman–Crippen LogP) is 4.61. The maximum atomic E-state index is 13.9. The number of rotatable bonds is 3. The van der Waals surface area contributed by atoms with Gasteiger partial charge in [0.1, 0.15) is 4.87 Å². The summed E-state index contributed by atoms with van der Waals surface area (Å²) in [4.78, 5) is 40.0. The van der Waals surface area contributed by atoms with Crippen LogP contribution in [-0.2, 0) is 19.2 Å². The molecular formula is C27H20ClNO4. The first kappa shape index (κ1) is 20.2. The van der Waals surface area contributed by atoms with Gasteiger partial charge in [-0.2, -0.15) is 0 Å². The van der Waals surface area contributed by atoms with Gasteiger partial charge in [-0.25, -0.2) is 9.69 Å². The van der Waals surface area contributed by atoms with Crippen molar-refractivity contribution in [3.05, 3.63) is 101 Å². The third-order valence-electron chi connectivity index (χ3n) is 7.13. The fourth-order valence-electron chi connectivity index (χ4n) is 5.92. The molecule has 1 fully saturated rings. The third-order valence-corrected chi connectivity index (χ3v) is 7.77. The molecular weight excluding hydrogens is 438 g/mol. The quantitative estimate of drug-likeness (QED) is 0.327. The summed E-state index contributed by atoms with van der Waals surface area (Å²) < 4.78 is 5.09.